The van der Waals surface area contributed by atoms with Gasteiger partial charge in [0.25, 0.3) is 0 Å². The van der Waals surface area contributed by atoms with Crippen LogP contribution in [0.25, 0.3) is 0 Å². The van der Waals surface area contributed by atoms with Gasteiger partial charge in [-0.2, -0.15) is 0 Å². The minimum absolute atomic E-state index is 0. The molecule has 0 aromatic rings. The zero-order valence-corrected chi connectivity index (χ0v) is 12.3. The molecule has 0 aromatic carbocycles. The molecule has 0 fully saturated rings. The molecule has 0 radical (unpaired) electrons. The Labute approximate surface area is 113 Å². The minimum atomic E-state index is -0.0786. The summed E-state index contributed by atoms with van der Waals surface area (Å²) in [4.78, 5) is 0. The van der Waals surface area contributed by atoms with Gasteiger partial charge in [0, 0.05) is 20.3 Å². The molecule has 0 aliphatic heterocycles. The Morgan fingerprint density at radius 2 is 1.57 bits per heavy atom. The van der Waals surface area contributed by atoms with Crippen LogP contribution in [0.3, 0.4) is 0 Å². The molecule has 0 heterocycles. The third-order valence-corrected chi connectivity index (χ3v) is 1.46. The van der Waals surface area contributed by atoms with Crippen molar-refractivity contribution in [2.75, 3.05) is 33.5 Å². The van der Waals surface area contributed by atoms with Gasteiger partial charge in [-0.3, -0.25) is 0 Å². The van der Waals surface area contributed by atoms with E-state index in [1.807, 2.05) is 0 Å². The molecular formula is C10H21O3Y+2. The van der Waals surface area contributed by atoms with Crippen LogP contribution in [-0.2, 0) is 46.9 Å². The maximum Gasteiger partial charge on any atom is 3.00 e. The Morgan fingerprint density at radius 1 is 1.07 bits per heavy atom. The van der Waals surface area contributed by atoms with Crippen LogP contribution in [-0.4, -0.2) is 39.6 Å². The molecular weight excluding hydrogens is 257 g/mol. The average molecular weight is 278 g/mol. The molecule has 0 N–H and O–H groups in total. The molecule has 0 amide bonds. The summed E-state index contributed by atoms with van der Waals surface area (Å²) in [6.45, 7) is 10.5. The van der Waals surface area contributed by atoms with Crippen molar-refractivity contribution in [2.24, 2.45) is 5.92 Å². The first kappa shape index (κ1) is 17.4. The summed E-state index contributed by atoms with van der Waals surface area (Å²) in [6, 6.07) is 0. The second-order valence-electron chi connectivity index (χ2n) is 3.40. The number of methoxy groups -OCH3 is 1. The fourth-order valence-corrected chi connectivity index (χ4v) is 0.720. The minimum Gasteiger partial charge on any atom is -0.411 e. The average Bonchev–Trinajstić information content (AvgIpc) is 2.10. The van der Waals surface area contributed by atoms with Crippen molar-refractivity contribution in [3.05, 3.63) is 6.92 Å². The Kier molecular flexibility index (Phi) is 15.0. The maximum atomic E-state index is 5.32. The van der Waals surface area contributed by atoms with E-state index in [0.717, 1.165) is 6.61 Å². The molecule has 0 bridgehead atoms. The van der Waals surface area contributed by atoms with E-state index < -0.39 is 0 Å². The van der Waals surface area contributed by atoms with E-state index in [-0.39, 0.29) is 38.8 Å². The van der Waals surface area contributed by atoms with Crippen LogP contribution in [0.15, 0.2) is 0 Å². The predicted octanol–water partition coefficient (Wildman–Crippen LogP) is 1.52. The Bertz CT molecular complexity index is 110. The molecule has 0 saturated carbocycles. The largest absolute Gasteiger partial charge is 3.00 e. The molecule has 1 unspecified atom stereocenters. The zero-order chi connectivity index (χ0) is 10.1. The standard InChI is InChI=1S/C10H21O3.Y/c1-9(2)7-12-5-6-13-8-10(3)11-4;/h9-10H,3,5-8H2,1-2,4H3;/q-1;+3. The molecule has 0 aromatic heterocycles. The van der Waals surface area contributed by atoms with E-state index >= 15 is 0 Å². The molecule has 0 aliphatic rings. The van der Waals surface area contributed by atoms with Gasteiger partial charge >= 0.3 is 32.7 Å². The van der Waals surface area contributed by atoms with Crippen molar-refractivity contribution in [3.8, 4) is 0 Å². The topological polar surface area (TPSA) is 27.7 Å². The summed E-state index contributed by atoms with van der Waals surface area (Å²) in [7, 11) is 1.62. The second kappa shape index (κ2) is 12.1. The summed E-state index contributed by atoms with van der Waals surface area (Å²) in [5.74, 6) is 0.583. The van der Waals surface area contributed by atoms with Gasteiger partial charge in [-0.25, -0.2) is 0 Å². The fourth-order valence-electron chi connectivity index (χ4n) is 0.720. The van der Waals surface area contributed by atoms with Crippen LogP contribution in [0.1, 0.15) is 13.8 Å². The Balaban J connectivity index is 0. The SMILES string of the molecule is [CH2-]C(COCCOCC(C)C)OC.[Y+3]. The molecule has 80 valence electrons. The zero-order valence-electron chi connectivity index (χ0n) is 9.49. The molecule has 1 atom stereocenters. The summed E-state index contributed by atoms with van der Waals surface area (Å²) in [6.07, 6.45) is -0.0786. The Morgan fingerprint density at radius 3 is 2.00 bits per heavy atom. The van der Waals surface area contributed by atoms with Crippen LogP contribution >= 0.6 is 0 Å². The summed E-state index contributed by atoms with van der Waals surface area (Å²) in [5.41, 5.74) is 0. The van der Waals surface area contributed by atoms with Gasteiger partial charge in [-0.05, 0) is 12.0 Å². The van der Waals surface area contributed by atoms with Crippen LogP contribution in [0.5, 0.6) is 0 Å². The van der Waals surface area contributed by atoms with Crippen molar-refractivity contribution in [1.82, 2.24) is 0 Å². The van der Waals surface area contributed by atoms with E-state index in [9.17, 15) is 0 Å². The fraction of sp³-hybridized carbons (Fsp3) is 0.900. The van der Waals surface area contributed by atoms with Crippen molar-refractivity contribution in [1.29, 1.82) is 0 Å². The van der Waals surface area contributed by atoms with Crippen molar-refractivity contribution in [2.45, 2.75) is 20.0 Å². The van der Waals surface area contributed by atoms with Gasteiger partial charge in [-0.15, -0.1) is 0 Å². The Hall–Kier alpha value is 0.984. The summed E-state index contributed by atoms with van der Waals surface area (Å²) in [5, 5.41) is 0. The molecule has 0 saturated heterocycles. The second-order valence-corrected chi connectivity index (χ2v) is 3.40. The molecule has 0 spiro atoms. The number of rotatable bonds is 8. The van der Waals surface area contributed by atoms with Gasteiger partial charge in [0.15, 0.2) is 0 Å². The number of ether oxygens (including phenoxy) is 3. The third kappa shape index (κ3) is 13.0. The molecule has 3 nitrogen and oxygen atoms in total. The van der Waals surface area contributed by atoms with E-state index in [4.69, 9.17) is 14.2 Å². The van der Waals surface area contributed by atoms with Gasteiger partial charge in [0.2, 0.25) is 0 Å². The van der Waals surface area contributed by atoms with Crippen molar-refractivity contribution in [3.63, 3.8) is 0 Å². The molecule has 14 heavy (non-hydrogen) atoms. The first-order valence-corrected chi connectivity index (χ1v) is 4.68. The van der Waals surface area contributed by atoms with Crippen LogP contribution < -0.4 is 0 Å². The number of hydrogen-bond acceptors (Lipinski definition) is 3. The maximum absolute atomic E-state index is 5.32. The quantitative estimate of drug-likeness (QED) is 0.498. The first-order valence-electron chi connectivity index (χ1n) is 4.68. The number of hydrogen-bond donors (Lipinski definition) is 0. The molecule has 0 rings (SSSR count). The summed E-state index contributed by atoms with van der Waals surface area (Å²) >= 11 is 0. The first-order chi connectivity index (χ1) is 6.16. The van der Waals surface area contributed by atoms with Gasteiger partial charge in [-0.1, -0.05) is 13.8 Å². The van der Waals surface area contributed by atoms with Gasteiger partial charge in [0.1, 0.15) is 0 Å². The van der Waals surface area contributed by atoms with Crippen LogP contribution in [0.2, 0.25) is 0 Å². The van der Waals surface area contributed by atoms with Crippen LogP contribution in [0.4, 0.5) is 0 Å². The third-order valence-electron chi connectivity index (χ3n) is 1.46. The smallest absolute Gasteiger partial charge is 0.411 e. The van der Waals surface area contributed by atoms with Crippen LogP contribution in [0, 0.1) is 12.8 Å². The van der Waals surface area contributed by atoms with E-state index in [0.29, 0.717) is 25.7 Å². The summed E-state index contributed by atoms with van der Waals surface area (Å²) < 4.78 is 15.5. The van der Waals surface area contributed by atoms with Gasteiger partial charge in [0.05, 0.1) is 13.2 Å². The van der Waals surface area contributed by atoms with Crippen molar-refractivity contribution < 1.29 is 46.9 Å². The van der Waals surface area contributed by atoms with E-state index in [1.54, 1.807) is 7.11 Å². The molecule has 0 aliphatic carbocycles. The van der Waals surface area contributed by atoms with Crippen molar-refractivity contribution >= 4 is 0 Å². The monoisotopic (exact) mass is 278 g/mol. The normalized spacial score (nSPS) is 12.6. The predicted molar refractivity (Wildman–Crippen MR) is 52.6 cm³/mol. The van der Waals surface area contributed by atoms with E-state index in [1.165, 1.54) is 0 Å². The van der Waals surface area contributed by atoms with E-state index in [2.05, 4.69) is 20.8 Å². The van der Waals surface area contributed by atoms with Gasteiger partial charge < -0.3 is 21.1 Å². The molecule has 4 heteroatoms.